The molecular formula is C13H17ClN2O3. The molecule has 0 atom stereocenters. The number of rotatable bonds is 7. The molecular weight excluding hydrogens is 268 g/mol. The van der Waals surface area contributed by atoms with Crippen molar-refractivity contribution in [1.29, 1.82) is 0 Å². The van der Waals surface area contributed by atoms with Crippen LogP contribution in [0.5, 0.6) is 0 Å². The van der Waals surface area contributed by atoms with Crippen LogP contribution in [-0.4, -0.2) is 42.0 Å². The van der Waals surface area contributed by atoms with E-state index in [9.17, 15) is 9.59 Å². The van der Waals surface area contributed by atoms with Gasteiger partial charge in [0, 0.05) is 18.1 Å². The largest absolute Gasteiger partial charge is 0.481 e. The second-order valence-corrected chi connectivity index (χ2v) is 4.72. The van der Waals surface area contributed by atoms with Gasteiger partial charge in [-0.2, -0.15) is 0 Å². The number of likely N-dealkylation sites (N-methyl/N-ethyl adjacent to an activating group) is 1. The Balaban J connectivity index is 2.29. The molecule has 0 saturated heterocycles. The molecule has 1 aromatic carbocycles. The first-order valence-corrected chi connectivity index (χ1v) is 6.26. The Morgan fingerprint density at radius 3 is 2.79 bits per heavy atom. The maximum absolute atomic E-state index is 11.6. The molecule has 0 aromatic heterocycles. The van der Waals surface area contributed by atoms with Crippen molar-refractivity contribution in [3.8, 4) is 0 Å². The zero-order valence-electron chi connectivity index (χ0n) is 10.7. The number of carboxylic acid groups (broad SMARTS) is 1. The third kappa shape index (κ3) is 6.79. The molecule has 1 aromatic rings. The molecule has 0 aliphatic heterocycles. The zero-order chi connectivity index (χ0) is 14.3. The highest BCUT2D eigenvalue weighted by Crippen LogP contribution is 2.10. The van der Waals surface area contributed by atoms with Gasteiger partial charge in [-0.15, -0.1) is 0 Å². The van der Waals surface area contributed by atoms with E-state index in [0.29, 0.717) is 18.1 Å². The van der Waals surface area contributed by atoms with E-state index in [4.69, 9.17) is 16.7 Å². The Labute approximate surface area is 117 Å². The van der Waals surface area contributed by atoms with Gasteiger partial charge in [0.1, 0.15) is 0 Å². The summed E-state index contributed by atoms with van der Waals surface area (Å²) in [4.78, 5) is 23.7. The van der Waals surface area contributed by atoms with Gasteiger partial charge in [-0.05, 0) is 24.7 Å². The Morgan fingerprint density at radius 2 is 2.16 bits per heavy atom. The van der Waals surface area contributed by atoms with Crippen LogP contribution in [0.15, 0.2) is 24.3 Å². The Morgan fingerprint density at radius 1 is 1.42 bits per heavy atom. The monoisotopic (exact) mass is 284 g/mol. The number of nitrogens with zero attached hydrogens (tertiary/aromatic N) is 1. The molecule has 1 amide bonds. The van der Waals surface area contributed by atoms with Crippen molar-refractivity contribution in [2.24, 2.45) is 0 Å². The van der Waals surface area contributed by atoms with Gasteiger partial charge < -0.3 is 10.4 Å². The lowest BCUT2D eigenvalue weighted by Gasteiger charge is -2.15. The Bertz CT molecular complexity index is 451. The van der Waals surface area contributed by atoms with Gasteiger partial charge in [0.15, 0.2) is 0 Å². The fraction of sp³-hybridized carbons (Fsp3) is 0.385. The van der Waals surface area contributed by atoms with E-state index in [1.165, 1.54) is 0 Å². The van der Waals surface area contributed by atoms with Crippen molar-refractivity contribution in [1.82, 2.24) is 10.2 Å². The molecule has 0 aliphatic carbocycles. The first-order valence-electron chi connectivity index (χ1n) is 5.89. The molecule has 0 bridgehead atoms. The third-order valence-electron chi connectivity index (χ3n) is 2.50. The number of aliphatic carboxylic acids is 1. The summed E-state index contributed by atoms with van der Waals surface area (Å²) in [6.07, 6.45) is 0.0259. The first-order chi connectivity index (χ1) is 8.97. The maximum Gasteiger partial charge on any atom is 0.304 e. The lowest BCUT2D eigenvalue weighted by Crippen LogP contribution is -2.35. The fourth-order valence-corrected chi connectivity index (χ4v) is 1.73. The molecule has 0 aliphatic rings. The van der Waals surface area contributed by atoms with Crippen LogP contribution in [0.25, 0.3) is 0 Å². The molecule has 0 unspecified atom stereocenters. The molecule has 2 N–H and O–H groups in total. The average Bonchev–Trinajstić information content (AvgIpc) is 2.34. The number of hydrogen-bond acceptors (Lipinski definition) is 3. The summed E-state index contributed by atoms with van der Waals surface area (Å²) >= 11 is 5.84. The Kier molecular flexibility index (Phi) is 6.32. The second kappa shape index (κ2) is 7.76. The van der Waals surface area contributed by atoms with Gasteiger partial charge in [-0.3, -0.25) is 14.5 Å². The number of carbonyl (C=O) groups is 2. The summed E-state index contributed by atoms with van der Waals surface area (Å²) in [6.45, 7) is 0.930. The maximum atomic E-state index is 11.6. The summed E-state index contributed by atoms with van der Waals surface area (Å²) in [7, 11) is 1.71. The molecule has 0 spiro atoms. The predicted octanol–water partition coefficient (Wildman–Crippen LogP) is 1.36. The lowest BCUT2D eigenvalue weighted by atomic mass is 10.2. The van der Waals surface area contributed by atoms with Crippen molar-refractivity contribution >= 4 is 23.5 Å². The smallest absolute Gasteiger partial charge is 0.304 e. The minimum absolute atomic E-state index is 0.0259. The third-order valence-corrected chi connectivity index (χ3v) is 2.73. The minimum Gasteiger partial charge on any atom is -0.481 e. The SMILES string of the molecule is CN(CCC(=O)O)CC(=O)NCc1cccc(Cl)c1. The van der Waals surface area contributed by atoms with Crippen LogP contribution >= 0.6 is 11.6 Å². The summed E-state index contributed by atoms with van der Waals surface area (Å²) in [6, 6.07) is 7.26. The molecule has 5 nitrogen and oxygen atoms in total. The number of hydrogen-bond donors (Lipinski definition) is 2. The molecule has 104 valence electrons. The van der Waals surface area contributed by atoms with E-state index in [1.807, 2.05) is 12.1 Å². The van der Waals surface area contributed by atoms with Gasteiger partial charge in [0.2, 0.25) is 5.91 Å². The highest BCUT2D eigenvalue weighted by molar-refractivity contribution is 6.30. The van der Waals surface area contributed by atoms with E-state index in [-0.39, 0.29) is 18.9 Å². The number of carboxylic acids is 1. The normalized spacial score (nSPS) is 10.5. The molecule has 0 fully saturated rings. The van der Waals surface area contributed by atoms with Crippen LogP contribution < -0.4 is 5.32 Å². The van der Waals surface area contributed by atoms with E-state index >= 15 is 0 Å². The van der Waals surface area contributed by atoms with Crippen LogP contribution in [-0.2, 0) is 16.1 Å². The van der Waals surface area contributed by atoms with Crippen molar-refractivity contribution in [3.05, 3.63) is 34.9 Å². The van der Waals surface area contributed by atoms with Gasteiger partial charge in [-0.1, -0.05) is 23.7 Å². The quantitative estimate of drug-likeness (QED) is 0.793. The molecule has 0 saturated carbocycles. The molecule has 6 heteroatoms. The average molecular weight is 285 g/mol. The van der Waals surface area contributed by atoms with E-state index < -0.39 is 5.97 Å². The van der Waals surface area contributed by atoms with Gasteiger partial charge in [-0.25, -0.2) is 0 Å². The van der Waals surface area contributed by atoms with E-state index in [1.54, 1.807) is 24.1 Å². The number of benzene rings is 1. The van der Waals surface area contributed by atoms with E-state index in [0.717, 1.165) is 5.56 Å². The second-order valence-electron chi connectivity index (χ2n) is 4.29. The number of carbonyl (C=O) groups excluding carboxylic acids is 1. The van der Waals surface area contributed by atoms with Crippen LogP contribution in [0.4, 0.5) is 0 Å². The summed E-state index contributed by atoms with van der Waals surface area (Å²) in [5.74, 6) is -1.01. The number of amides is 1. The first kappa shape index (κ1) is 15.5. The Hall–Kier alpha value is -1.59. The number of nitrogens with one attached hydrogen (secondary N) is 1. The van der Waals surface area contributed by atoms with Crippen molar-refractivity contribution in [2.75, 3.05) is 20.1 Å². The summed E-state index contributed by atoms with van der Waals surface area (Å²) in [5, 5.41) is 11.9. The summed E-state index contributed by atoms with van der Waals surface area (Å²) in [5.41, 5.74) is 0.925. The van der Waals surface area contributed by atoms with Crippen molar-refractivity contribution < 1.29 is 14.7 Å². The standard InChI is InChI=1S/C13H17ClN2O3/c1-16(6-5-13(18)19)9-12(17)15-8-10-3-2-4-11(14)7-10/h2-4,7H,5-6,8-9H2,1H3,(H,15,17)(H,18,19). The topological polar surface area (TPSA) is 69.6 Å². The van der Waals surface area contributed by atoms with Crippen LogP contribution in [0.3, 0.4) is 0 Å². The van der Waals surface area contributed by atoms with Gasteiger partial charge in [0.05, 0.1) is 13.0 Å². The predicted molar refractivity (Wildman–Crippen MR) is 73.0 cm³/mol. The highest BCUT2D eigenvalue weighted by Gasteiger charge is 2.07. The lowest BCUT2D eigenvalue weighted by molar-refractivity contribution is -0.137. The van der Waals surface area contributed by atoms with E-state index in [2.05, 4.69) is 5.32 Å². The van der Waals surface area contributed by atoms with Crippen LogP contribution in [0, 0.1) is 0 Å². The van der Waals surface area contributed by atoms with Gasteiger partial charge in [0.25, 0.3) is 0 Å². The molecule has 0 heterocycles. The highest BCUT2D eigenvalue weighted by atomic mass is 35.5. The number of halogens is 1. The van der Waals surface area contributed by atoms with Gasteiger partial charge >= 0.3 is 5.97 Å². The molecule has 19 heavy (non-hydrogen) atoms. The van der Waals surface area contributed by atoms with Crippen molar-refractivity contribution in [3.63, 3.8) is 0 Å². The van der Waals surface area contributed by atoms with Crippen molar-refractivity contribution in [2.45, 2.75) is 13.0 Å². The molecule has 1 rings (SSSR count). The molecule has 0 radical (unpaired) electrons. The zero-order valence-corrected chi connectivity index (χ0v) is 11.5. The van der Waals surface area contributed by atoms with Crippen LogP contribution in [0.1, 0.15) is 12.0 Å². The fourth-order valence-electron chi connectivity index (χ4n) is 1.51. The minimum atomic E-state index is -0.869. The summed E-state index contributed by atoms with van der Waals surface area (Å²) < 4.78 is 0. The van der Waals surface area contributed by atoms with Crippen LogP contribution in [0.2, 0.25) is 5.02 Å².